The summed E-state index contributed by atoms with van der Waals surface area (Å²) < 4.78 is 0. The van der Waals surface area contributed by atoms with Crippen molar-refractivity contribution < 1.29 is 9.90 Å². The minimum Gasteiger partial charge on any atom is -0.508 e. The Labute approximate surface area is 179 Å². The van der Waals surface area contributed by atoms with E-state index in [0.29, 0.717) is 30.4 Å². The minimum atomic E-state index is -0.144. The SMILES string of the molecule is O=C1CCC2(Cc3ccccc3)[C@H]3Cc4ccc(O)cc4C2(CCN3CC2CC2)C1. The molecule has 4 aliphatic rings. The molecule has 3 nitrogen and oxygen atoms in total. The van der Waals surface area contributed by atoms with Gasteiger partial charge >= 0.3 is 0 Å². The van der Waals surface area contributed by atoms with Crippen molar-refractivity contribution in [3.63, 3.8) is 0 Å². The van der Waals surface area contributed by atoms with Gasteiger partial charge in [-0.15, -0.1) is 0 Å². The number of hydrogen-bond acceptors (Lipinski definition) is 3. The predicted molar refractivity (Wildman–Crippen MR) is 118 cm³/mol. The molecule has 0 aromatic heterocycles. The average molecular weight is 402 g/mol. The van der Waals surface area contributed by atoms with Crippen LogP contribution in [0, 0.1) is 11.3 Å². The van der Waals surface area contributed by atoms with Crippen LogP contribution in [0.5, 0.6) is 5.75 Å². The van der Waals surface area contributed by atoms with Crippen molar-refractivity contribution in [1.29, 1.82) is 0 Å². The van der Waals surface area contributed by atoms with Crippen LogP contribution in [0.1, 0.15) is 55.2 Å². The van der Waals surface area contributed by atoms with Gasteiger partial charge < -0.3 is 5.11 Å². The number of phenolic OH excluding ortho intramolecular Hbond substituents is 1. The highest BCUT2D eigenvalue weighted by Gasteiger charge is 2.64. The monoisotopic (exact) mass is 401 g/mol. The van der Waals surface area contributed by atoms with Crippen molar-refractivity contribution in [1.82, 2.24) is 4.90 Å². The number of Topliss-reactive ketones (excluding diaryl/α,β-unsaturated/α-hetero) is 1. The number of ketones is 1. The van der Waals surface area contributed by atoms with E-state index in [1.54, 1.807) is 0 Å². The molecule has 2 aromatic rings. The lowest BCUT2D eigenvalue weighted by molar-refractivity contribution is -0.139. The Kier molecular flexibility index (Phi) is 4.15. The second-order valence-electron chi connectivity index (χ2n) is 10.4. The zero-order valence-electron chi connectivity index (χ0n) is 17.6. The summed E-state index contributed by atoms with van der Waals surface area (Å²) in [7, 11) is 0. The Balaban J connectivity index is 1.54. The number of hydrogen-bond donors (Lipinski definition) is 1. The molecule has 3 fully saturated rings. The molecule has 156 valence electrons. The fourth-order valence-electron chi connectivity index (χ4n) is 7.27. The molecule has 1 aliphatic heterocycles. The van der Waals surface area contributed by atoms with Crippen LogP contribution in [-0.2, 0) is 23.1 Å². The second-order valence-corrected chi connectivity index (χ2v) is 10.4. The molecule has 2 bridgehead atoms. The van der Waals surface area contributed by atoms with Crippen LogP contribution in [0.3, 0.4) is 0 Å². The van der Waals surface area contributed by atoms with E-state index >= 15 is 0 Å². The van der Waals surface area contributed by atoms with Crippen molar-refractivity contribution in [3.8, 4) is 5.75 Å². The van der Waals surface area contributed by atoms with E-state index in [-0.39, 0.29) is 10.8 Å². The van der Waals surface area contributed by atoms with Crippen molar-refractivity contribution in [2.24, 2.45) is 11.3 Å². The predicted octanol–water partition coefficient (Wildman–Crippen LogP) is 4.65. The van der Waals surface area contributed by atoms with E-state index in [2.05, 4.69) is 41.3 Å². The van der Waals surface area contributed by atoms with Gasteiger partial charge in [0.05, 0.1) is 0 Å². The molecular weight excluding hydrogens is 370 g/mol. The molecule has 3 aliphatic carbocycles. The Morgan fingerprint density at radius 3 is 2.70 bits per heavy atom. The second kappa shape index (κ2) is 6.68. The summed E-state index contributed by atoms with van der Waals surface area (Å²) in [6.45, 7) is 2.30. The maximum atomic E-state index is 12.9. The summed E-state index contributed by atoms with van der Waals surface area (Å²) in [4.78, 5) is 15.7. The van der Waals surface area contributed by atoms with Gasteiger partial charge in [-0.05, 0) is 79.8 Å². The number of rotatable bonds is 4. The lowest BCUT2D eigenvalue weighted by Crippen LogP contribution is -2.69. The summed E-state index contributed by atoms with van der Waals surface area (Å²) in [5, 5.41) is 10.4. The molecule has 3 atom stereocenters. The topological polar surface area (TPSA) is 40.5 Å². The van der Waals surface area contributed by atoms with Crippen LogP contribution in [0.4, 0.5) is 0 Å². The third-order valence-electron chi connectivity index (χ3n) is 8.78. The van der Waals surface area contributed by atoms with Gasteiger partial charge in [0.15, 0.2) is 0 Å². The van der Waals surface area contributed by atoms with Crippen LogP contribution >= 0.6 is 0 Å². The molecule has 2 unspecified atom stereocenters. The summed E-state index contributed by atoms with van der Waals surface area (Å²) in [5.74, 6) is 1.62. The molecule has 0 amide bonds. The number of aromatic hydroxyl groups is 1. The van der Waals surface area contributed by atoms with Crippen LogP contribution in [0.25, 0.3) is 0 Å². The van der Waals surface area contributed by atoms with Gasteiger partial charge in [-0.3, -0.25) is 9.69 Å². The van der Waals surface area contributed by atoms with Gasteiger partial charge in [-0.2, -0.15) is 0 Å². The Morgan fingerprint density at radius 2 is 1.90 bits per heavy atom. The molecule has 30 heavy (non-hydrogen) atoms. The lowest BCUT2D eigenvalue weighted by Gasteiger charge is -2.66. The summed E-state index contributed by atoms with van der Waals surface area (Å²) in [6.07, 6.45) is 8.19. The normalized spacial score (nSPS) is 33.1. The van der Waals surface area contributed by atoms with Crippen LogP contribution in [-0.4, -0.2) is 34.9 Å². The van der Waals surface area contributed by atoms with Gasteiger partial charge in [0.2, 0.25) is 0 Å². The molecule has 3 heteroatoms. The van der Waals surface area contributed by atoms with E-state index in [1.165, 1.54) is 36.1 Å². The van der Waals surface area contributed by atoms with Gasteiger partial charge in [0, 0.05) is 36.3 Å². The Morgan fingerprint density at radius 1 is 1.07 bits per heavy atom. The fourth-order valence-corrected chi connectivity index (χ4v) is 7.27. The number of phenols is 1. The van der Waals surface area contributed by atoms with E-state index in [4.69, 9.17) is 0 Å². The highest BCUT2D eigenvalue weighted by atomic mass is 16.3. The molecule has 1 N–H and O–H groups in total. The van der Waals surface area contributed by atoms with Crippen molar-refractivity contribution in [2.75, 3.05) is 13.1 Å². The van der Waals surface area contributed by atoms with Crippen LogP contribution in [0.2, 0.25) is 0 Å². The number of piperidine rings is 1. The summed E-state index contributed by atoms with van der Waals surface area (Å²) >= 11 is 0. The average Bonchev–Trinajstić information content (AvgIpc) is 3.56. The van der Waals surface area contributed by atoms with Crippen LogP contribution < -0.4 is 0 Å². The first-order valence-electron chi connectivity index (χ1n) is 11.7. The fraction of sp³-hybridized carbons (Fsp3) is 0.519. The Bertz CT molecular complexity index is 982. The zero-order valence-corrected chi connectivity index (χ0v) is 17.6. The van der Waals surface area contributed by atoms with E-state index < -0.39 is 0 Å². The zero-order chi connectivity index (χ0) is 20.3. The van der Waals surface area contributed by atoms with Crippen molar-refractivity contribution in [2.45, 2.75) is 62.8 Å². The highest BCUT2D eigenvalue weighted by Crippen LogP contribution is 2.64. The first-order chi connectivity index (χ1) is 14.6. The molecular formula is C27H31NO2. The van der Waals surface area contributed by atoms with Crippen molar-refractivity contribution in [3.05, 3.63) is 65.2 Å². The summed E-state index contributed by atoms with van der Waals surface area (Å²) in [6, 6.07) is 17.4. The Hall–Kier alpha value is -2.13. The lowest BCUT2D eigenvalue weighted by atomic mass is 9.42. The number of benzene rings is 2. The van der Waals surface area contributed by atoms with Gasteiger partial charge in [-0.25, -0.2) is 0 Å². The van der Waals surface area contributed by atoms with E-state index in [1.807, 2.05) is 12.1 Å². The first-order valence-corrected chi connectivity index (χ1v) is 11.7. The molecule has 1 saturated heterocycles. The van der Waals surface area contributed by atoms with E-state index in [0.717, 1.165) is 38.1 Å². The molecule has 0 spiro atoms. The quantitative estimate of drug-likeness (QED) is 0.811. The van der Waals surface area contributed by atoms with Gasteiger partial charge in [-0.1, -0.05) is 36.4 Å². The molecule has 2 aromatic carbocycles. The number of nitrogens with zero attached hydrogens (tertiary/aromatic N) is 1. The number of likely N-dealkylation sites (tertiary alicyclic amines) is 1. The minimum absolute atomic E-state index is 0.0657. The van der Waals surface area contributed by atoms with Gasteiger partial charge in [0.1, 0.15) is 11.5 Å². The standard InChI is InChI=1S/C27H31NO2/c29-22-9-8-21-14-25-27(16-19-4-2-1-3-5-19)11-10-23(30)17-26(27,24(21)15-22)12-13-28(25)18-20-6-7-20/h1-5,8-9,15,20,25,29H,6-7,10-14,16-18H2/t25-,26?,27?/m1/s1. The number of carbonyl (C=O) groups is 1. The maximum Gasteiger partial charge on any atom is 0.133 e. The molecule has 6 rings (SSSR count). The first kappa shape index (κ1) is 18.6. The largest absolute Gasteiger partial charge is 0.508 e. The maximum absolute atomic E-state index is 12.9. The molecule has 0 radical (unpaired) electrons. The third kappa shape index (κ3) is 2.71. The highest BCUT2D eigenvalue weighted by molar-refractivity contribution is 5.82. The smallest absolute Gasteiger partial charge is 0.133 e. The van der Waals surface area contributed by atoms with E-state index in [9.17, 15) is 9.90 Å². The summed E-state index contributed by atoms with van der Waals surface area (Å²) in [5.41, 5.74) is 3.94. The third-order valence-corrected chi connectivity index (χ3v) is 8.78. The number of fused-ring (bicyclic) bond motifs is 1. The van der Waals surface area contributed by atoms with Gasteiger partial charge in [0.25, 0.3) is 0 Å². The van der Waals surface area contributed by atoms with Crippen LogP contribution in [0.15, 0.2) is 48.5 Å². The molecule has 2 saturated carbocycles. The van der Waals surface area contributed by atoms with Crippen molar-refractivity contribution >= 4 is 5.78 Å². The molecule has 1 heterocycles. The number of carbonyl (C=O) groups excluding carboxylic acids is 1.